The zero-order valence-electron chi connectivity index (χ0n) is 12.8. The van der Waals surface area contributed by atoms with Gasteiger partial charge in [0.25, 0.3) is 0 Å². The van der Waals surface area contributed by atoms with Crippen LogP contribution in [0.25, 0.3) is 0 Å². The summed E-state index contributed by atoms with van der Waals surface area (Å²) in [4.78, 5) is 23.6. The summed E-state index contributed by atoms with van der Waals surface area (Å²) in [6.45, 7) is 2.37. The van der Waals surface area contributed by atoms with Gasteiger partial charge in [0.05, 0.1) is 0 Å². The largest absolute Gasteiger partial charge is 0.511 e. The van der Waals surface area contributed by atoms with Crippen molar-refractivity contribution in [2.45, 2.75) is 25.9 Å². The van der Waals surface area contributed by atoms with E-state index in [4.69, 9.17) is 10.5 Å². The maximum Gasteiger partial charge on any atom is 0.511 e. The minimum atomic E-state index is -1.33. The van der Waals surface area contributed by atoms with Crippen molar-refractivity contribution in [3.05, 3.63) is 24.3 Å². The summed E-state index contributed by atoms with van der Waals surface area (Å²) >= 11 is 0. The standard InChI is InChI=1S/C13H16N2O4.CH5N3/c1-9(16)14-12-3-2-8-15(12)10-4-6-11(7-5-10)19-13(17)18;2-1(3)4/h4-7,12H,2-3,8H2,1H3,(H,14,16)(H,17,18);(H5,2,3,4). The lowest BCUT2D eigenvalue weighted by molar-refractivity contribution is -0.119. The monoisotopic (exact) mass is 323 g/mol. The molecule has 0 radical (unpaired) electrons. The van der Waals surface area contributed by atoms with Gasteiger partial charge in [0.15, 0.2) is 5.96 Å². The van der Waals surface area contributed by atoms with Crippen molar-refractivity contribution in [1.82, 2.24) is 5.32 Å². The topological polar surface area (TPSA) is 155 Å². The molecule has 23 heavy (non-hydrogen) atoms. The fourth-order valence-corrected chi connectivity index (χ4v) is 2.27. The molecule has 126 valence electrons. The van der Waals surface area contributed by atoms with Gasteiger partial charge in [0, 0.05) is 19.2 Å². The van der Waals surface area contributed by atoms with Crippen LogP contribution in [0.15, 0.2) is 24.3 Å². The molecule has 1 unspecified atom stereocenters. The van der Waals surface area contributed by atoms with E-state index in [1.54, 1.807) is 24.3 Å². The second-order valence-electron chi connectivity index (χ2n) is 4.87. The SMILES string of the molecule is CC(=O)NC1CCCN1c1ccc(OC(=O)O)cc1.N=C(N)N. The molecule has 1 aliphatic heterocycles. The Labute approximate surface area is 133 Å². The number of amides is 1. The van der Waals surface area contributed by atoms with E-state index >= 15 is 0 Å². The fourth-order valence-electron chi connectivity index (χ4n) is 2.27. The van der Waals surface area contributed by atoms with Gasteiger partial charge < -0.3 is 31.5 Å². The van der Waals surface area contributed by atoms with Gasteiger partial charge in [-0.05, 0) is 37.1 Å². The number of rotatable bonds is 3. The molecule has 1 aromatic rings. The van der Waals surface area contributed by atoms with Crippen molar-refractivity contribution >= 4 is 23.7 Å². The summed E-state index contributed by atoms with van der Waals surface area (Å²) < 4.78 is 4.55. The second kappa shape index (κ2) is 8.47. The van der Waals surface area contributed by atoms with Crippen LogP contribution in [0.2, 0.25) is 0 Å². The lowest BCUT2D eigenvalue weighted by Crippen LogP contribution is -2.43. The molecule has 0 bridgehead atoms. The van der Waals surface area contributed by atoms with Crippen molar-refractivity contribution in [2.24, 2.45) is 11.5 Å². The Morgan fingerprint density at radius 2 is 1.91 bits per heavy atom. The Hall–Kier alpha value is -2.97. The first kappa shape index (κ1) is 18.1. The van der Waals surface area contributed by atoms with E-state index in [9.17, 15) is 9.59 Å². The smallest absolute Gasteiger partial charge is 0.449 e. The number of anilines is 1. The van der Waals surface area contributed by atoms with E-state index in [1.807, 2.05) is 0 Å². The number of carboxylic acid groups (broad SMARTS) is 1. The van der Waals surface area contributed by atoms with Crippen molar-refractivity contribution in [1.29, 1.82) is 5.41 Å². The molecule has 1 atom stereocenters. The predicted molar refractivity (Wildman–Crippen MR) is 85.4 cm³/mol. The molecule has 7 N–H and O–H groups in total. The molecule has 1 aromatic carbocycles. The lowest BCUT2D eigenvalue weighted by Gasteiger charge is -2.27. The van der Waals surface area contributed by atoms with Crippen LogP contribution in [-0.2, 0) is 4.79 Å². The Balaban J connectivity index is 0.000000593. The summed E-state index contributed by atoms with van der Waals surface area (Å²) in [5, 5.41) is 17.5. The van der Waals surface area contributed by atoms with Crippen molar-refractivity contribution < 1.29 is 19.4 Å². The van der Waals surface area contributed by atoms with Gasteiger partial charge in [-0.3, -0.25) is 10.2 Å². The van der Waals surface area contributed by atoms with Crippen LogP contribution in [0.5, 0.6) is 5.75 Å². The third kappa shape index (κ3) is 6.55. The van der Waals surface area contributed by atoms with E-state index in [0.717, 1.165) is 25.1 Å². The molecule has 1 aliphatic rings. The minimum absolute atomic E-state index is 0.00346. The second-order valence-corrected chi connectivity index (χ2v) is 4.87. The highest BCUT2D eigenvalue weighted by Gasteiger charge is 2.25. The molecule has 2 rings (SSSR count). The van der Waals surface area contributed by atoms with E-state index in [2.05, 4.69) is 26.4 Å². The molecule has 1 saturated heterocycles. The Morgan fingerprint density at radius 3 is 2.39 bits per heavy atom. The Bertz CT molecular complexity index is 557. The van der Waals surface area contributed by atoms with Gasteiger partial charge in [-0.25, -0.2) is 4.79 Å². The molecular formula is C14H21N5O4. The zero-order valence-corrected chi connectivity index (χ0v) is 12.8. The van der Waals surface area contributed by atoms with Gasteiger partial charge >= 0.3 is 6.16 Å². The number of nitrogens with two attached hydrogens (primary N) is 2. The number of hydrogen-bond donors (Lipinski definition) is 5. The molecule has 1 heterocycles. The molecule has 1 amide bonds. The van der Waals surface area contributed by atoms with Crippen molar-refractivity contribution in [2.75, 3.05) is 11.4 Å². The highest BCUT2D eigenvalue weighted by Crippen LogP contribution is 2.26. The lowest BCUT2D eigenvalue weighted by atomic mass is 10.2. The summed E-state index contributed by atoms with van der Waals surface area (Å²) in [5.41, 5.74) is 9.88. The quantitative estimate of drug-likeness (QED) is 0.236. The van der Waals surface area contributed by atoms with E-state index in [-0.39, 0.29) is 23.8 Å². The number of nitrogens with one attached hydrogen (secondary N) is 2. The molecule has 0 saturated carbocycles. The Kier molecular flexibility index (Phi) is 6.66. The fraction of sp³-hybridized carbons (Fsp3) is 0.357. The van der Waals surface area contributed by atoms with E-state index in [0.29, 0.717) is 0 Å². The predicted octanol–water partition coefficient (Wildman–Crippen LogP) is 0.644. The van der Waals surface area contributed by atoms with E-state index < -0.39 is 6.16 Å². The van der Waals surface area contributed by atoms with Crippen LogP contribution in [0, 0.1) is 5.41 Å². The van der Waals surface area contributed by atoms with Crippen LogP contribution >= 0.6 is 0 Å². The van der Waals surface area contributed by atoms with Gasteiger partial charge in [-0.15, -0.1) is 0 Å². The van der Waals surface area contributed by atoms with Crippen LogP contribution in [0.1, 0.15) is 19.8 Å². The van der Waals surface area contributed by atoms with Crippen LogP contribution in [0.3, 0.4) is 0 Å². The average molecular weight is 323 g/mol. The van der Waals surface area contributed by atoms with Gasteiger partial charge in [-0.1, -0.05) is 0 Å². The highest BCUT2D eigenvalue weighted by molar-refractivity contribution is 5.74. The maximum absolute atomic E-state index is 11.1. The zero-order chi connectivity index (χ0) is 17.4. The number of hydrogen-bond acceptors (Lipinski definition) is 5. The Morgan fingerprint density at radius 1 is 1.35 bits per heavy atom. The average Bonchev–Trinajstić information content (AvgIpc) is 2.85. The first-order chi connectivity index (χ1) is 10.8. The van der Waals surface area contributed by atoms with E-state index in [1.165, 1.54) is 6.92 Å². The van der Waals surface area contributed by atoms with Crippen molar-refractivity contribution in [3.63, 3.8) is 0 Å². The van der Waals surface area contributed by atoms with Crippen LogP contribution in [-0.4, -0.2) is 35.8 Å². The molecule has 0 spiro atoms. The number of nitrogens with zero attached hydrogens (tertiary/aromatic N) is 1. The molecule has 0 aliphatic carbocycles. The minimum Gasteiger partial charge on any atom is -0.449 e. The molecule has 9 heteroatoms. The number of guanidine groups is 1. The number of ether oxygens (including phenoxy) is 1. The van der Waals surface area contributed by atoms with Gasteiger partial charge in [-0.2, -0.15) is 0 Å². The molecule has 1 fully saturated rings. The van der Waals surface area contributed by atoms with Gasteiger partial charge in [0.1, 0.15) is 11.9 Å². The summed E-state index contributed by atoms with van der Waals surface area (Å²) in [6, 6.07) is 6.79. The van der Waals surface area contributed by atoms with Crippen molar-refractivity contribution in [3.8, 4) is 5.75 Å². The molecule has 9 nitrogen and oxygen atoms in total. The summed E-state index contributed by atoms with van der Waals surface area (Å²) in [7, 11) is 0. The summed E-state index contributed by atoms with van der Waals surface area (Å²) in [6.07, 6.45) is 0.597. The summed E-state index contributed by atoms with van der Waals surface area (Å²) in [5.74, 6) is -0.103. The van der Waals surface area contributed by atoms with Crippen LogP contribution in [0.4, 0.5) is 10.5 Å². The third-order valence-corrected chi connectivity index (χ3v) is 3.00. The number of carbonyl (C=O) groups excluding carboxylic acids is 1. The van der Waals surface area contributed by atoms with Crippen LogP contribution < -0.4 is 26.4 Å². The molecular weight excluding hydrogens is 302 g/mol. The number of carbonyl (C=O) groups is 2. The normalized spacial score (nSPS) is 16.0. The molecule has 0 aromatic heterocycles. The first-order valence-electron chi connectivity index (χ1n) is 6.93. The third-order valence-electron chi connectivity index (χ3n) is 3.00. The first-order valence-corrected chi connectivity index (χ1v) is 6.93. The highest BCUT2D eigenvalue weighted by atomic mass is 16.7. The number of benzene rings is 1. The maximum atomic E-state index is 11.1. The van der Waals surface area contributed by atoms with Gasteiger partial charge in [0.2, 0.25) is 5.91 Å².